The molecule has 0 radical (unpaired) electrons. The highest BCUT2D eigenvalue weighted by molar-refractivity contribution is 7.91. The van der Waals surface area contributed by atoms with Crippen molar-refractivity contribution in [3.63, 3.8) is 0 Å². The Kier molecular flexibility index (Phi) is 7.27. The molecule has 0 aromatic heterocycles. The third-order valence-electron chi connectivity index (χ3n) is 6.07. The van der Waals surface area contributed by atoms with E-state index in [2.05, 4.69) is 6.58 Å². The van der Waals surface area contributed by atoms with Crippen LogP contribution in [0, 0.1) is 12.7 Å². The number of sulfone groups is 1. The first-order chi connectivity index (χ1) is 17.3. The van der Waals surface area contributed by atoms with Crippen LogP contribution in [0.2, 0.25) is 0 Å². The van der Waals surface area contributed by atoms with Crippen molar-refractivity contribution in [2.45, 2.75) is 23.1 Å². The summed E-state index contributed by atoms with van der Waals surface area (Å²) in [5.74, 6) is 0.618. The number of aryl methyl sites for hydroxylation is 1. The van der Waals surface area contributed by atoms with Gasteiger partial charge in [0.1, 0.15) is 5.82 Å². The minimum Gasteiger partial charge on any atom is -0.493 e. The molecule has 0 saturated carbocycles. The molecule has 0 unspecified atom stereocenters. The number of halogens is 1. The summed E-state index contributed by atoms with van der Waals surface area (Å²) in [5, 5.41) is 0. The SMILES string of the molecule is C=CCc1c(-c2cc(-c3ccccc3F)ccc2S(=O)(=O)c2ccc(C)cc2)ccc(OC)c1OC. The van der Waals surface area contributed by atoms with Crippen LogP contribution >= 0.6 is 0 Å². The molecule has 4 aromatic carbocycles. The van der Waals surface area contributed by atoms with E-state index in [0.29, 0.717) is 40.2 Å². The normalized spacial score (nSPS) is 11.2. The van der Waals surface area contributed by atoms with Gasteiger partial charge in [0.25, 0.3) is 0 Å². The summed E-state index contributed by atoms with van der Waals surface area (Å²) in [7, 11) is -0.824. The lowest BCUT2D eigenvalue weighted by atomic mass is 9.93. The number of methoxy groups -OCH3 is 2. The van der Waals surface area contributed by atoms with Crippen molar-refractivity contribution in [2.24, 2.45) is 0 Å². The summed E-state index contributed by atoms with van der Waals surface area (Å²) >= 11 is 0. The van der Waals surface area contributed by atoms with E-state index in [1.807, 2.05) is 6.92 Å². The van der Waals surface area contributed by atoms with Crippen LogP contribution in [0.15, 0.2) is 101 Å². The fourth-order valence-corrected chi connectivity index (χ4v) is 5.73. The van der Waals surface area contributed by atoms with Crippen LogP contribution < -0.4 is 9.47 Å². The van der Waals surface area contributed by atoms with Gasteiger partial charge in [-0.1, -0.05) is 54.1 Å². The molecule has 4 rings (SSSR count). The van der Waals surface area contributed by atoms with Gasteiger partial charge in [0.05, 0.1) is 24.0 Å². The van der Waals surface area contributed by atoms with Crippen LogP contribution in [0.3, 0.4) is 0 Å². The van der Waals surface area contributed by atoms with Gasteiger partial charge in [-0.15, -0.1) is 6.58 Å². The van der Waals surface area contributed by atoms with Gasteiger partial charge in [0.2, 0.25) is 9.84 Å². The van der Waals surface area contributed by atoms with Gasteiger partial charge in [0.15, 0.2) is 11.5 Å². The highest BCUT2D eigenvalue weighted by Gasteiger charge is 2.26. The van der Waals surface area contributed by atoms with E-state index in [-0.39, 0.29) is 9.79 Å². The minimum absolute atomic E-state index is 0.115. The highest BCUT2D eigenvalue weighted by Crippen LogP contribution is 2.43. The standard InChI is InChI=1S/C30H27FO4S/c1-5-8-25-24(16-17-28(34-3)30(25)35-4)26-19-21(23-9-6-7-10-27(23)31)13-18-29(26)36(32,33)22-14-11-20(2)12-15-22/h5-7,9-19H,1,8H2,2-4H3. The molecule has 0 aliphatic rings. The molecule has 4 aromatic rings. The molecule has 0 aliphatic heterocycles. The molecule has 0 N–H and O–H groups in total. The summed E-state index contributed by atoms with van der Waals surface area (Å²) in [4.78, 5) is 0.294. The van der Waals surface area contributed by atoms with Gasteiger partial charge in [-0.05, 0) is 60.9 Å². The van der Waals surface area contributed by atoms with E-state index in [9.17, 15) is 12.8 Å². The summed E-state index contributed by atoms with van der Waals surface area (Å²) in [5.41, 5.74) is 3.69. The highest BCUT2D eigenvalue weighted by atomic mass is 32.2. The maximum atomic E-state index is 14.7. The first-order valence-corrected chi connectivity index (χ1v) is 12.9. The average Bonchev–Trinajstić information content (AvgIpc) is 2.88. The Bertz CT molecular complexity index is 1520. The predicted molar refractivity (Wildman–Crippen MR) is 141 cm³/mol. The van der Waals surface area contributed by atoms with Crippen molar-refractivity contribution in [1.29, 1.82) is 0 Å². The largest absolute Gasteiger partial charge is 0.493 e. The number of allylic oxidation sites excluding steroid dienone is 1. The van der Waals surface area contributed by atoms with E-state index in [0.717, 1.165) is 11.1 Å². The molecule has 0 atom stereocenters. The lowest BCUT2D eigenvalue weighted by Crippen LogP contribution is -2.06. The minimum atomic E-state index is -3.90. The molecule has 4 nitrogen and oxygen atoms in total. The molecular weight excluding hydrogens is 475 g/mol. The number of ether oxygens (including phenoxy) is 2. The monoisotopic (exact) mass is 502 g/mol. The van der Waals surface area contributed by atoms with Gasteiger partial charge < -0.3 is 9.47 Å². The van der Waals surface area contributed by atoms with E-state index < -0.39 is 15.7 Å². The van der Waals surface area contributed by atoms with Crippen molar-refractivity contribution in [1.82, 2.24) is 0 Å². The summed E-state index contributed by atoms with van der Waals surface area (Å²) in [6.07, 6.45) is 2.12. The van der Waals surface area contributed by atoms with Gasteiger partial charge in [-0.2, -0.15) is 0 Å². The van der Waals surface area contributed by atoms with Crippen molar-refractivity contribution in [3.05, 3.63) is 108 Å². The molecular formula is C30H27FO4S. The Hall–Kier alpha value is -3.90. The fourth-order valence-electron chi connectivity index (χ4n) is 4.27. The quantitative estimate of drug-likeness (QED) is 0.242. The van der Waals surface area contributed by atoms with Crippen LogP contribution in [-0.4, -0.2) is 22.6 Å². The predicted octanol–water partition coefficient (Wildman–Crippen LogP) is 7.05. The van der Waals surface area contributed by atoms with Crippen LogP contribution in [0.5, 0.6) is 11.5 Å². The van der Waals surface area contributed by atoms with Crippen molar-refractivity contribution < 1.29 is 22.3 Å². The Balaban J connectivity index is 2.06. The van der Waals surface area contributed by atoms with Gasteiger partial charge in [-0.3, -0.25) is 0 Å². The van der Waals surface area contributed by atoms with Crippen LogP contribution in [0.25, 0.3) is 22.3 Å². The number of benzene rings is 4. The van der Waals surface area contributed by atoms with Gasteiger partial charge >= 0.3 is 0 Å². The number of hydrogen-bond acceptors (Lipinski definition) is 4. The Morgan fingerprint density at radius 2 is 1.58 bits per heavy atom. The molecule has 0 spiro atoms. The van der Waals surface area contributed by atoms with Crippen LogP contribution in [0.1, 0.15) is 11.1 Å². The molecule has 0 saturated heterocycles. The van der Waals surface area contributed by atoms with Crippen molar-refractivity contribution in [2.75, 3.05) is 14.2 Å². The second-order valence-electron chi connectivity index (χ2n) is 8.33. The summed E-state index contributed by atoms with van der Waals surface area (Å²) in [6, 6.07) is 21.6. The smallest absolute Gasteiger partial charge is 0.207 e. The zero-order valence-corrected chi connectivity index (χ0v) is 21.2. The summed E-state index contributed by atoms with van der Waals surface area (Å²) in [6.45, 7) is 5.76. The van der Waals surface area contributed by atoms with E-state index in [1.54, 1.807) is 86.0 Å². The molecule has 36 heavy (non-hydrogen) atoms. The molecule has 0 amide bonds. The zero-order chi connectivity index (χ0) is 25.9. The maximum Gasteiger partial charge on any atom is 0.207 e. The molecule has 0 bridgehead atoms. The maximum absolute atomic E-state index is 14.7. The van der Waals surface area contributed by atoms with Gasteiger partial charge in [-0.25, -0.2) is 12.8 Å². The molecule has 0 aliphatic carbocycles. The van der Waals surface area contributed by atoms with E-state index in [4.69, 9.17) is 9.47 Å². The molecule has 0 fully saturated rings. The van der Waals surface area contributed by atoms with Crippen molar-refractivity contribution in [3.8, 4) is 33.8 Å². The number of rotatable bonds is 8. The van der Waals surface area contributed by atoms with Crippen LogP contribution in [-0.2, 0) is 16.3 Å². The summed E-state index contributed by atoms with van der Waals surface area (Å²) < 4.78 is 53.5. The molecule has 6 heteroatoms. The third kappa shape index (κ3) is 4.64. The van der Waals surface area contributed by atoms with E-state index >= 15 is 0 Å². The Labute approximate surface area is 211 Å². The lowest BCUT2D eigenvalue weighted by molar-refractivity contribution is 0.352. The van der Waals surface area contributed by atoms with E-state index in [1.165, 1.54) is 13.2 Å². The fraction of sp³-hybridized carbons (Fsp3) is 0.133. The first-order valence-electron chi connectivity index (χ1n) is 11.4. The second kappa shape index (κ2) is 10.4. The average molecular weight is 503 g/mol. The first kappa shape index (κ1) is 25.2. The van der Waals surface area contributed by atoms with Gasteiger partial charge in [0, 0.05) is 16.7 Å². The second-order valence-corrected chi connectivity index (χ2v) is 10.2. The third-order valence-corrected chi connectivity index (χ3v) is 7.90. The number of hydrogen-bond donors (Lipinski definition) is 0. The molecule has 0 heterocycles. The topological polar surface area (TPSA) is 52.6 Å². The van der Waals surface area contributed by atoms with Crippen LogP contribution in [0.4, 0.5) is 4.39 Å². The van der Waals surface area contributed by atoms with Crippen molar-refractivity contribution >= 4 is 9.84 Å². The zero-order valence-electron chi connectivity index (χ0n) is 20.4. The lowest BCUT2D eigenvalue weighted by Gasteiger charge is -2.19. The molecule has 184 valence electrons. The Morgan fingerprint density at radius 1 is 0.861 bits per heavy atom. The Morgan fingerprint density at radius 3 is 2.22 bits per heavy atom.